The van der Waals surface area contributed by atoms with Crippen LogP contribution in [-0.2, 0) is 6.54 Å². The van der Waals surface area contributed by atoms with Gasteiger partial charge in [0.1, 0.15) is 0 Å². The lowest BCUT2D eigenvalue weighted by Gasteiger charge is -2.05. The van der Waals surface area contributed by atoms with Crippen molar-refractivity contribution in [2.45, 2.75) is 20.4 Å². The van der Waals surface area contributed by atoms with Crippen molar-refractivity contribution in [3.8, 4) is 10.4 Å². The van der Waals surface area contributed by atoms with Gasteiger partial charge >= 0.3 is 0 Å². The smallest absolute Gasteiger partial charge is 0.250 e. The Bertz CT molecular complexity index is 833. The molecule has 1 aromatic carbocycles. The van der Waals surface area contributed by atoms with Crippen LogP contribution < -0.4 is 5.56 Å². The molecule has 0 saturated carbocycles. The first-order chi connectivity index (χ1) is 10.1. The Hall–Kier alpha value is -2.13. The summed E-state index contributed by atoms with van der Waals surface area (Å²) in [5.41, 5.74) is 2.35. The maximum absolute atomic E-state index is 11.9. The largest absolute Gasteiger partial charge is 0.311 e. The molecule has 0 atom stereocenters. The number of benzene rings is 1. The number of nitrogens with zero attached hydrogens (tertiary/aromatic N) is 1. The Labute approximate surface area is 128 Å². The molecule has 0 aliphatic carbocycles. The van der Waals surface area contributed by atoms with Crippen LogP contribution in [0.3, 0.4) is 0 Å². The van der Waals surface area contributed by atoms with Gasteiger partial charge in [-0.3, -0.25) is 4.79 Å². The Morgan fingerprint density at radius 2 is 2.00 bits per heavy atom. The van der Waals surface area contributed by atoms with Crippen LogP contribution in [0.4, 0.5) is 0 Å². The van der Waals surface area contributed by atoms with Crippen molar-refractivity contribution >= 4 is 21.4 Å². The summed E-state index contributed by atoms with van der Waals surface area (Å²) in [5, 5.41) is 1.25. The highest BCUT2D eigenvalue weighted by Crippen LogP contribution is 2.32. The maximum Gasteiger partial charge on any atom is 0.250 e. The van der Waals surface area contributed by atoms with Gasteiger partial charge in [0.25, 0.3) is 5.56 Å². The van der Waals surface area contributed by atoms with E-state index in [-0.39, 0.29) is 5.56 Å². The summed E-state index contributed by atoms with van der Waals surface area (Å²) in [6, 6.07) is 14.1. The molecule has 21 heavy (non-hydrogen) atoms. The fraction of sp³-hybridized carbons (Fsp3) is 0.167. The van der Waals surface area contributed by atoms with Crippen LogP contribution in [0.25, 0.3) is 20.5 Å². The van der Waals surface area contributed by atoms with Gasteiger partial charge in [-0.2, -0.15) is 0 Å². The van der Waals surface area contributed by atoms with E-state index in [2.05, 4.69) is 36.4 Å². The van der Waals surface area contributed by atoms with Crippen LogP contribution in [-0.4, -0.2) is 4.57 Å². The topological polar surface area (TPSA) is 22.0 Å². The molecular weight excluding hydrogens is 278 g/mol. The van der Waals surface area contributed by atoms with Crippen LogP contribution >= 0.6 is 11.3 Å². The number of hydrogen-bond acceptors (Lipinski definition) is 2. The molecule has 0 unspecified atom stereocenters. The summed E-state index contributed by atoms with van der Waals surface area (Å²) in [5.74, 6) is 0. The Kier molecular flexibility index (Phi) is 3.76. The lowest BCUT2D eigenvalue weighted by atomic mass is 10.2. The molecule has 0 amide bonds. The molecular formula is C18H17NOS. The molecule has 106 valence electrons. The van der Waals surface area contributed by atoms with E-state index in [0.717, 1.165) is 5.56 Å². The van der Waals surface area contributed by atoms with Crippen molar-refractivity contribution in [2.24, 2.45) is 0 Å². The maximum atomic E-state index is 11.9. The third kappa shape index (κ3) is 2.98. The van der Waals surface area contributed by atoms with Crippen LogP contribution in [0, 0.1) is 0 Å². The summed E-state index contributed by atoms with van der Waals surface area (Å²) in [6.07, 6.45) is 4.02. The first-order valence-corrected chi connectivity index (χ1v) is 7.78. The van der Waals surface area contributed by atoms with E-state index in [4.69, 9.17) is 0 Å². The number of fused-ring (bicyclic) bond motifs is 1. The molecule has 0 bridgehead atoms. The van der Waals surface area contributed by atoms with E-state index in [0.29, 0.717) is 6.54 Å². The Morgan fingerprint density at radius 1 is 1.19 bits per heavy atom. The summed E-state index contributed by atoms with van der Waals surface area (Å²) < 4.78 is 3.03. The lowest BCUT2D eigenvalue weighted by Crippen LogP contribution is -2.17. The average Bonchev–Trinajstić information content (AvgIpc) is 2.90. The van der Waals surface area contributed by atoms with Gasteiger partial charge in [0.15, 0.2) is 0 Å². The molecule has 0 N–H and O–H groups in total. The van der Waals surface area contributed by atoms with Gasteiger partial charge in [-0.15, -0.1) is 11.3 Å². The number of hydrogen-bond donors (Lipinski definition) is 0. The average molecular weight is 295 g/mol. The van der Waals surface area contributed by atoms with Gasteiger partial charge < -0.3 is 4.57 Å². The standard InChI is InChI=1S/C18H17NOS/c1-13(2)9-10-19-12-15(7-8-18(19)20)17-11-14-5-3-4-6-16(14)21-17/h3-9,11-12H,10H2,1-2H3. The Balaban J connectivity index is 2.04. The molecule has 0 aliphatic heterocycles. The first kappa shape index (κ1) is 13.8. The van der Waals surface area contributed by atoms with E-state index in [9.17, 15) is 4.79 Å². The van der Waals surface area contributed by atoms with Crippen LogP contribution in [0.2, 0.25) is 0 Å². The van der Waals surface area contributed by atoms with Crippen molar-refractivity contribution in [3.63, 3.8) is 0 Å². The summed E-state index contributed by atoms with van der Waals surface area (Å²) in [4.78, 5) is 13.1. The highest BCUT2D eigenvalue weighted by molar-refractivity contribution is 7.22. The minimum absolute atomic E-state index is 0.0392. The third-order valence-corrected chi connectivity index (χ3v) is 4.55. The quantitative estimate of drug-likeness (QED) is 0.642. The van der Waals surface area contributed by atoms with E-state index >= 15 is 0 Å². The monoisotopic (exact) mass is 295 g/mol. The zero-order chi connectivity index (χ0) is 14.8. The summed E-state index contributed by atoms with van der Waals surface area (Å²) in [7, 11) is 0. The second-order valence-corrected chi connectivity index (χ2v) is 6.42. The van der Waals surface area contributed by atoms with Crippen molar-refractivity contribution in [3.05, 3.63) is 70.7 Å². The number of aromatic nitrogens is 1. The molecule has 2 heterocycles. The predicted octanol–water partition coefficient (Wildman–Crippen LogP) is 4.70. The molecule has 3 rings (SSSR count). The van der Waals surface area contributed by atoms with Crippen molar-refractivity contribution in [1.82, 2.24) is 4.57 Å². The molecule has 3 aromatic rings. The van der Waals surface area contributed by atoms with Gasteiger partial charge in [0, 0.05) is 33.9 Å². The van der Waals surface area contributed by atoms with Crippen LogP contribution in [0.15, 0.2) is 65.1 Å². The zero-order valence-corrected chi connectivity index (χ0v) is 13.0. The summed E-state index contributed by atoms with van der Waals surface area (Å²) in [6.45, 7) is 4.71. The molecule has 2 aromatic heterocycles. The molecule has 2 nitrogen and oxygen atoms in total. The van der Waals surface area contributed by atoms with Gasteiger partial charge in [-0.25, -0.2) is 0 Å². The first-order valence-electron chi connectivity index (χ1n) is 6.96. The molecule has 0 fully saturated rings. The van der Waals surface area contributed by atoms with Crippen molar-refractivity contribution in [1.29, 1.82) is 0 Å². The highest BCUT2D eigenvalue weighted by atomic mass is 32.1. The second kappa shape index (κ2) is 5.70. The minimum Gasteiger partial charge on any atom is -0.311 e. The van der Waals surface area contributed by atoms with E-state index < -0.39 is 0 Å². The molecule has 3 heteroatoms. The fourth-order valence-electron chi connectivity index (χ4n) is 2.22. The molecule has 0 radical (unpaired) electrons. The van der Waals surface area contributed by atoms with Crippen LogP contribution in [0.5, 0.6) is 0 Å². The number of pyridine rings is 1. The number of thiophene rings is 1. The highest BCUT2D eigenvalue weighted by Gasteiger charge is 2.05. The Morgan fingerprint density at radius 3 is 2.76 bits per heavy atom. The summed E-state index contributed by atoms with van der Waals surface area (Å²) >= 11 is 1.76. The third-order valence-electron chi connectivity index (χ3n) is 3.39. The number of rotatable bonds is 3. The molecule has 0 spiro atoms. The second-order valence-electron chi connectivity index (χ2n) is 5.34. The molecule has 0 aliphatic rings. The van der Waals surface area contributed by atoms with Gasteiger partial charge in [-0.05, 0) is 37.4 Å². The normalized spacial score (nSPS) is 10.8. The van der Waals surface area contributed by atoms with E-state index in [1.807, 2.05) is 26.1 Å². The van der Waals surface area contributed by atoms with E-state index in [1.54, 1.807) is 22.0 Å². The zero-order valence-electron chi connectivity index (χ0n) is 12.2. The predicted molar refractivity (Wildman–Crippen MR) is 91.0 cm³/mol. The van der Waals surface area contributed by atoms with Crippen LogP contribution in [0.1, 0.15) is 13.8 Å². The van der Waals surface area contributed by atoms with E-state index in [1.165, 1.54) is 20.5 Å². The fourth-order valence-corrected chi connectivity index (χ4v) is 3.28. The molecule has 0 saturated heterocycles. The van der Waals surface area contributed by atoms with Gasteiger partial charge in [-0.1, -0.05) is 29.8 Å². The van der Waals surface area contributed by atoms with Gasteiger partial charge in [0.05, 0.1) is 0 Å². The van der Waals surface area contributed by atoms with Gasteiger partial charge in [0.2, 0.25) is 0 Å². The van der Waals surface area contributed by atoms with Crippen molar-refractivity contribution in [2.75, 3.05) is 0 Å². The number of allylic oxidation sites excluding steroid dienone is 2. The SMILES string of the molecule is CC(C)=CCn1cc(-c2cc3ccccc3s2)ccc1=O. The lowest BCUT2D eigenvalue weighted by molar-refractivity contribution is 0.776. The van der Waals surface area contributed by atoms with Crippen molar-refractivity contribution < 1.29 is 0 Å². The minimum atomic E-state index is 0.0392.